The minimum Gasteiger partial charge on any atom is -0.271 e. The van der Waals surface area contributed by atoms with Gasteiger partial charge < -0.3 is 0 Å². The minimum atomic E-state index is 0.362. The Morgan fingerprint density at radius 2 is 2.22 bits per heavy atom. The molecule has 1 aromatic rings. The number of hydrogen-bond acceptors (Lipinski definition) is 3. The number of aryl methyl sites for hydroxylation is 2. The highest BCUT2D eigenvalue weighted by molar-refractivity contribution is 9.10. The van der Waals surface area contributed by atoms with E-state index in [9.17, 15) is 0 Å². The molecular formula is C13H23BrN4. The van der Waals surface area contributed by atoms with Crippen LogP contribution in [0.15, 0.2) is 4.47 Å². The van der Waals surface area contributed by atoms with Crippen LogP contribution in [0.25, 0.3) is 0 Å². The van der Waals surface area contributed by atoms with E-state index in [1.54, 1.807) is 0 Å². The third-order valence-electron chi connectivity index (χ3n) is 3.68. The van der Waals surface area contributed by atoms with Crippen molar-refractivity contribution in [3.63, 3.8) is 0 Å². The lowest BCUT2D eigenvalue weighted by Gasteiger charge is -2.16. The lowest BCUT2D eigenvalue weighted by molar-refractivity contribution is 0.449. The molecule has 1 atom stereocenters. The van der Waals surface area contributed by atoms with E-state index in [-0.39, 0.29) is 0 Å². The van der Waals surface area contributed by atoms with E-state index < -0.39 is 0 Å². The van der Waals surface area contributed by atoms with Gasteiger partial charge in [0.25, 0.3) is 0 Å². The SMILES string of the molecule is CCc1nn(CC)c(CC(CC2CC2)NN)c1Br. The first-order valence-corrected chi connectivity index (χ1v) is 7.69. The largest absolute Gasteiger partial charge is 0.271 e. The van der Waals surface area contributed by atoms with Crippen LogP contribution in [0.2, 0.25) is 0 Å². The Bertz CT molecular complexity index is 398. The van der Waals surface area contributed by atoms with Crippen LogP contribution in [0.4, 0.5) is 0 Å². The van der Waals surface area contributed by atoms with Crippen LogP contribution in [0.3, 0.4) is 0 Å². The summed E-state index contributed by atoms with van der Waals surface area (Å²) < 4.78 is 3.27. The first kappa shape index (κ1) is 14.0. The van der Waals surface area contributed by atoms with Gasteiger partial charge >= 0.3 is 0 Å². The van der Waals surface area contributed by atoms with Gasteiger partial charge in [0.2, 0.25) is 0 Å². The number of nitrogens with one attached hydrogen (secondary N) is 1. The van der Waals surface area contributed by atoms with Crippen LogP contribution >= 0.6 is 15.9 Å². The molecule has 0 spiro atoms. The summed E-state index contributed by atoms with van der Waals surface area (Å²) in [5.41, 5.74) is 5.39. The average Bonchev–Trinajstić information content (AvgIpc) is 3.14. The van der Waals surface area contributed by atoms with Crippen molar-refractivity contribution in [2.45, 2.75) is 58.5 Å². The molecule has 5 heteroatoms. The number of halogens is 1. The smallest absolute Gasteiger partial charge is 0.0766 e. The standard InChI is InChI=1S/C13H23BrN4/c1-3-11-13(14)12(18(4-2)17-11)8-10(16-15)7-9-5-6-9/h9-10,16H,3-8,15H2,1-2H3. The van der Waals surface area contributed by atoms with Crippen LogP contribution in [-0.4, -0.2) is 15.8 Å². The topological polar surface area (TPSA) is 55.9 Å². The minimum absolute atomic E-state index is 0.362. The zero-order valence-corrected chi connectivity index (χ0v) is 12.8. The molecule has 1 aliphatic carbocycles. The summed E-state index contributed by atoms with van der Waals surface area (Å²) in [7, 11) is 0. The molecular weight excluding hydrogens is 292 g/mol. The summed E-state index contributed by atoms with van der Waals surface area (Å²) in [6.45, 7) is 5.18. The molecule has 0 aromatic carbocycles. The molecule has 1 heterocycles. The maximum atomic E-state index is 5.68. The highest BCUT2D eigenvalue weighted by Gasteiger charge is 2.26. The normalized spacial score (nSPS) is 17.1. The maximum absolute atomic E-state index is 5.68. The number of nitrogens with zero attached hydrogens (tertiary/aromatic N) is 2. The number of nitrogens with two attached hydrogens (primary N) is 1. The van der Waals surface area contributed by atoms with E-state index in [2.05, 4.69) is 45.0 Å². The molecule has 4 nitrogen and oxygen atoms in total. The molecule has 0 radical (unpaired) electrons. The van der Waals surface area contributed by atoms with Crippen molar-refractivity contribution >= 4 is 15.9 Å². The van der Waals surface area contributed by atoms with Crippen LogP contribution in [-0.2, 0) is 19.4 Å². The maximum Gasteiger partial charge on any atom is 0.0766 e. The first-order valence-electron chi connectivity index (χ1n) is 6.89. The lowest BCUT2D eigenvalue weighted by Crippen LogP contribution is -2.37. The van der Waals surface area contributed by atoms with Gasteiger partial charge in [-0.15, -0.1) is 0 Å². The monoisotopic (exact) mass is 314 g/mol. The van der Waals surface area contributed by atoms with Crippen molar-refractivity contribution in [1.29, 1.82) is 0 Å². The summed E-state index contributed by atoms with van der Waals surface area (Å²) >= 11 is 3.69. The molecule has 1 aliphatic rings. The fourth-order valence-electron chi connectivity index (χ4n) is 2.41. The van der Waals surface area contributed by atoms with E-state index in [0.717, 1.165) is 31.0 Å². The number of hydrazine groups is 1. The molecule has 3 N–H and O–H groups in total. The van der Waals surface area contributed by atoms with E-state index in [0.29, 0.717) is 6.04 Å². The Morgan fingerprint density at radius 3 is 2.72 bits per heavy atom. The predicted molar refractivity (Wildman–Crippen MR) is 77.1 cm³/mol. The van der Waals surface area contributed by atoms with Crippen molar-refractivity contribution in [3.05, 3.63) is 15.9 Å². The molecule has 2 rings (SSSR count). The number of hydrogen-bond donors (Lipinski definition) is 2. The Labute approximate surface area is 117 Å². The van der Waals surface area contributed by atoms with E-state index >= 15 is 0 Å². The quantitative estimate of drug-likeness (QED) is 0.600. The lowest BCUT2D eigenvalue weighted by atomic mass is 10.1. The van der Waals surface area contributed by atoms with Crippen molar-refractivity contribution in [1.82, 2.24) is 15.2 Å². The molecule has 1 aromatic heterocycles. The molecule has 1 saturated carbocycles. The van der Waals surface area contributed by atoms with Gasteiger partial charge in [0.05, 0.1) is 15.9 Å². The second-order valence-electron chi connectivity index (χ2n) is 5.12. The first-order chi connectivity index (χ1) is 8.69. The highest BCUT2D eigenvalue weighted by atomic mass is 79.9. The molecule has 18 heavy (non-hydrogen) atoms. The number of rotatable bonds is 7. The van der Waals surface area contributed by atoms with Crippen LogP contribution in [0, 0.1) is 5.92 Å². The fourth-order valence-corrected chi connectivity index (χ4v) is 3.14. The van der Waals surface area contributed by atoms with Crippen LogP contribution in [0.1, 0.15) is 44.5 Å². The third-order valence-corrected chi connectivity index (χ3v) is 4.60. The number of aromatic nitrogens is 2. The van der Waals surface area contributed by atoms with Gasteiger partial charge in [0.15, 0.2) is 0 Å². The fraction of sp³-hybridized carbons (Fsp3) is 0.769. The average molecular weight is 315 g/mol. The Balaban J connectivity index is 2.12. The van der Waals surface area contributed by atoms with Gasteiger partial charge in [-0.25, -0.2) is 0 Å². The molecule has 0 amide bonds. The van der Waals surface area contributed by atoms with Gasteiger partial charge in [-0.2, -0.15) is 5.10 Å². The van der Waals surface area contributed by atoms with Gasteiger partial charge in [-0.3, -0.25) is 16.0 Å². The van der Waals surface area contributed by atoms with Gasteiger partial charge in [0.1, 0.15) is 0 Å². The van der Waals surface area contributed by atoms with Gasteiger partial charge in [0, 0.05) is 19.0 Å². The van der Waals surface area contributed by atoms with Gasteiger partial charge in [-0.05, 0) is 41.6 Å². The van der Waals surface area contributed by atoms with Crippen molar-refractivity contribution in [3.8, 4) is 0 Å². The third kappa shape index (κ3) is 3.13. The second-order valence-corrected chi connectivity index (χ2v) is 5.92. The van der Waals surface area contributed by atoms with Crippen molar-refractivity contribution in [2.24, 2.45) is 11.8 Å². The van der Waals surface area contributed by atoms with Crippen LogP contribution in [0.5, 0.6) is 0 Å². The van der Waals surface area contributed by atoms with E-state index in [1.807, 2.05) is 0 Å². The Morgan fingerprint density at radius 1 is 1.50 bits per heavy atom. The summed E-state index contributed by atoms with van der Waals surface area (Å²) in [4.78, 5) is 0. The molecule has 1 unspecified atom stereocenters. The van der Waals surface area contributed by atoms with Crippen LogP contribution < -0.4 is 11.3 Å². The summed E-state index contributed by atoms with van der Waals surface area (Å²) in [6.07, 6.45) is 5.83. The zero-order chi connectivity index (χ0) is 13.1. The van der Waals surface area contributed by atoms with Crippen molar-refractivity contribution < 1.29 is 0 Å². The molecule has 102 valence electrons. The molecule has 0 saturated heterocycles. The summed E-state index contributed by atoms with van der Waals surface area (Å²) in [6, 6.07) is 0.362. The molecule has 1 fully saturated rings. The Hall–Kier alpha value is -0.390. The molecule has 0 bridgehead atoms. The summed E-state index contributed by atoms with van der Waals surface area (Å²) in [5, 5.41) is 4.63. The summed E-state index contributed by atoms with van der Waals surface area (Å²) in [5.74, 6) is 6.57. The zero-order valence-electron chi connectivity index (χ0n) is 11.2. The predicted octanol–water partition coefficient (Wildman–Crippen LogP) is 2.40. The van der Waals surface area contributed by atoms with Gasteiger partial charge in [-0.1, -0.05) is 19.8 Å². The highest BCUT2D eigenvalue weighted by Crippen LogP contribution is 2.34. The molecule has 0 aliphatic heterocycles. The van der Waals surface area contributed by atoms with Crippen molar-refractivity contribution in [2.75, 3.05) is 0 Å². The van der Waals surface area contributed by atoms with E-state index in [4.69, 9.17) is 5.84 Å². The van der Waals surface area contributed by atoms with E-state index in [1.165, 1.54) is 29.4 Å². The second kappa shape index (κ2) is 6.17. The Kier molecular flexibility index (Phi) is 4.81.